The molecule has 0 radical (unpaired) electrons. The highest BCUT2D eigenvalue weighted by Crippen LogP contribution is 2.19. The molecule has 0 aliphatic carbocycles. The van der Waals surface area contributed by atoms with Crippen molar-refractivity contribution in [2.45, 2.75) is 13.0 Å². The van der Waals surface area contributed by atoms with Gasteiger partial charge in [0.15, 0.2) is 0 Å². The molecular formula is C19H21N3O3. The summed E-state index contributed by atoms with van der Waals surface area (Å²) in [5.74, 6) is 0.495. The van der Waals surface area contributed by atoms with E-state index in [1.165, 1.54) is 6.08 Å². The second-order valence-electron chi connectivity index (χ2n) is 5.42. The SMILES string of the molecule is COc1ccccc1/C=C/C(=O)NC(C)c1ccc(NC(N)=O)cc1. The summed E-state index contributed by atoms with van der Waals surface area (Å²) in [5.41, 5.74) is 7.41. The van der Waals surface area contributed by atoms with E-state index >= 15 is 0 Å². The molecule has 0 bridgehead atoms. The Bertz CT molecular complexity index is 770. The lowest BCUT2D eigenvalue weighted by molar-refractivity contribution is -0.117. The maximum atomic E-state index is 12.1. The van der Waals surface area contributed by atoms with Gasteiger partial charge in [-0.05, 0) is 36.8 Å². The van der Waals surface area contributed by atoms with Crippen LogP contribution in [0.5, 0.6) is 5.75 Å². The Morgan fingerprint density at radius 1 is 1.12 bits per heavy atom. The number of anilines is 1. The summed E-state index contributed by atoms with van der Waals surface area (Å²) < 4.78 is 5.24. The highest BCUT2D eigenvalue weighted by atomic mass is 16.5. The van der Waals surface area contributed by atoms with Crippen molar-refractivity contribution in [3.63, 3.8) is 0 Å². The molecule has 0 aliphatic heterocycles. The number of rotatable bonds is 6. The normalized spacial score (nSPS) is 11.8. The molecule has 2 rings (SSSR count). The van der Waals surface area contributed by atoms with Crippen LogP contribution in [0.15, 0.2) is 54.6 Å². The monoisotopic (exact) mass is 339 g/mol. The molecule has 3 amide bonds. The van der Waals surface area contributed by atoms with E-state index in [0.717, 1.165) is 11.1 Å². The van der Waals surface area contributed by atoms with Gasteiger partial charge in [-0.1, -0.05) is 30.3 Å². The first-order valence-electron chi connectivity index (χ1n) is 7.77. The standard InChI is InChI=1S/C19H21N3O3/c1-13(14-7-10-16(11-8-14)22-19(20)24)21-18(23)12-9-15-5-3-4-6-17(15)25-2/h3-13H,1-2H3,(H,21,23)(H3,20,22,24)/b12-9+. The topological polar surface area (TPSA) is 93.4 Å². The maximum absolute atomic E-state index is 12.1. The molecule has 25 heavy (non-hydrogen) atoms. The highest BCUT2D eigenvalue weighted by molar-refractivity contribution is 5.92. The van der Waals surface area contributed by atoms with E-state index in [2.05, 4.69) is 10.6 Å². The van der Waals surface area contributed by atoms with Crippen molar-refractivity contribution >= 4 is 23.7 Å². The molecule has 0 aromatic heterocycles. The molecule has 0 fully saturated rings. The molecule has 1 unspecified atom stereocenters. The van der Waals surface area contributed by atoms with E-state index in [-0.39, 0.29) is 11.9 Å². The molecule has 6 nitrogen and oxygen atoms in total. The number of hydrogen-bond donors (Lipinski definition) is 3. The number of carbonyl (C=O) groups excluding carboxylic acids is 2. The maximum Gasteiger partial charge on any atom is 0.316 e. The van der Waals surface area contributed by atoms with Gasteiger partial charge in [-0.2, -0.15) is 0 Å². The van der Waals surface area contributed by atoms with Gasteiger partial charge in [-0.15, -0.1) is 0 Å². The number of amides is 3. The molecule has 4 N–H and O–H groups in total. The Hall–Kier alpha value is -3.28. The number of nitrogens with two attached hydrogens (primary N) is 1. The average molecular weight is 339 g/mol. The van der Waals surface area contributed by atoms with Crippen molar-refractivity contribution < 1.29 is 14.3 Å². The van der Waals surface area contributed by atoms with Crippen LogP contribution < -0.4 is 21.1 Å². The van der Waals surface area contributed by atoms with Crippen molar-refractivity contribution in [2.75, 3.05) is 12.4 Å². The van der Waals surface area contributed by atoms with Crippen LogP contribution in [0.2, 0.25) is 0 Å². The van der Waals surface area contributed by atoms with Gasteiger partial charge in [-0.3, -0.25) is 4.79 Å². The van der Waals surface area contributed by atoms with Gasteiger partial charge in [0.2, 0.25) is 5.91 Å². The van der Waals surface area contributed by atoms with E-state index in [9.17, 15) is 9.59 Å². The molecule has 6 heteroatoms. The molecule has 0 heterocycles. The fourth-order valence-electron chi connectivity index (χ4n) is 2.31. The zero-order valence-corrected chi connectivity index (χ0v) is 14.2. The lowest BCUT2D eigenvalue weighted by Crippen LogP contribution is -2.24. The number of urea groups is 1. The fourth-order valence-corrected chi connectivity index (χ4v) is 2.31. The van der Waals surface area contributed by atoms with Crippen molar-refractivity contribution in [3.05, 3.63) is 65.7 Å². The summed E-state index contributed by atoms with van der Waals surface area (Å²) in [6.07, 6.45) is 3.18. The van der Waals surface area contributed by atoms with Crippen LogP contribution in [-0.4, -0.2) is 19.0 Å². The number of nitrogens with one attached hydrogen (secondary N) is 2. The van der Waals surface area contributed by atoms with Crippen molar-refractivity contribution in [1.82, 2.24) is 5.32 Å². The van der Waals surface area contributed by atoms with Crippen LogP contribution in [0, 0.1) is 0 Å². The van der Waals surface area contributed by atoms with Crippen molar-refractivity contribution in [2.24, 2.45) is 5.73 Å². The Balaban J connectivity index is 1.97. The highest BCUT2D eigenvalue weighted by Gasteiger charge is 2.08. The average Bonchev–Trinajstić information content (AvgIpc) is 2.60. The predicted molar refractivity (Wildman–Crippen MR) is 98.2 cm³/mol. The third kappa shape index (κ3) is 5.39. The second-order valence-corrected chi connectivity index (χ2v) is 5.42. The third-order valence-electron chi connectivity index (χ3n) is 3.59. The first-order valence-corrected chi connectivity index (χ1v) is 7.77. The Kier molecular flexibility index (Phi) is 6.17. The predicted octanol–water partition coefficient (Wildman–Crippen LogP) is 3.08. The number of hydrogen-bond acceptors (Lipinski definition) is 3. The summed E-state index contributed by atoms with van der Waals surface area (Å²) in [4.78, 5) is 22.9. The Morgan fingerprint density at radius 3 is 2.44 bits per heavy atom. The minimum Gasteiger partial charge on any atom is -0.496 e. The molecule has 0 aliphatic rings. The summed E-state index contributed by atoms with van der Waals surface area (Å²) >= 11 is 0. The van der Waals surface area contributed by atoms with Crippen LogP contribution in [0.4, 0.5) is 10.5 Å². The molecule has 2 aromatic rings. The molecule has 0 spiro atoms. The number of methoxy groups -OCH3 is 1. The largest absolute Gasteiger partial charge is 0.496 e. The molecule has 1 atom stereocenters. The number of primary amides is 1. The van der Waals surface area contributed by atoms with Crippen LogP contribution in [0.3, 0.4) is 0 Å². The van der Waals surface area contributed by atoms with E-state index in [1.807, 2.05) is 43.3 Å². The first-order chi connectivity index (χ1) is 12.0. The van der Waals surface area contributed by atoms with E-state index in [4.69, 9.17) is 10.5 Å². The van der Waals surface area contributed by atoms with Gasteiger partial charge < -0.3 is 21.1 Å². The van der Waals surface area contributed by atoms with Gasteiger partial charge in [0.1, 0.15) is 5.75 Å². The smallest absolute Gasteiger partial charge is 0.316 e. The van der Waals surface area contributed by atoms with E-state index < -0.39 is 6.03 Å². The lowest BCUT2D eigenvalue weighted by atomic mass is 10.1. The minimum atomic E-state index is -0.615. The summed E-state index contributed by atoms with van der Waals surface area (Å²) in [7, 11) is 1.59. The Labute approximate surface area is 146 Å². The lowest BCUT2D eigenvalue weighted by Gasteiger charge is -2.13. The number of carbonyl (C=O) groups is 2. The van der Waals surface area contributed by atoms with Crippen LogP contribution in [0.1, 0.15) is 24.1 Å². The van der Waals surface area contributed by atoms with Crippen LogP contribution >= 0.6 is 0 Å². The van der Waals surface area contributed by atoms with E-state index in [0.29, 0.717) is 11.4 Å². The van der Waals surface area contributed by atoms with Crippen molar-refractivity contribution in [3.8, 4) is 5.75 Å². The fraction of sp³-hybridized carbons (Fsp3) is 0.158. The molecule has 0 saturated carbocycles. The number of para-hydroxylation sites is 1. The van der Waals surface area contributed by atoms with Gasteiger partial charge in [-0.25, -0.2) is 4.79 Å². The molecule has 130 valence electrons. The number of ether oxygens (including phenoxy) is 1. The summed E-state index contributed by atoms with van der Waals surface area (Å²) in [6.45, 7) is 1.88. The quantitative estimate of drug-likeness (QED) is 0.706. The number of benzene rings is 2. The Morgan fingerprint density at radius 2 is 1.80 bits per heavy atom. The molecule has 0 saturated heterocycles. The second kappa shape index (κ2) is 8.54. The summed E-state index contributed by atoms with van der Waals surface area (Å²) in [6, 6.07) is 13.8. The van der Waals surface area contributed by atoms with E-state index in [1.54, 1.807) is 25.3 Å². The van der Waals surface area contributed by atoms with Gasteiger partial charge >= 0.3 is 6.03 Å². The summed E-state index contributed by atoms with van der Waals surface area (Å²) in [5, 5.41) is 5.37. The first kappa shape index (κ1) is 18.1. The van der Waals surface area contributed by atoms with Gasteiger partial charge in [0.25, 0.3) is 0 Å². The third-order valence-corrected chi connectivity index (χ3v) is 3.59. The molecule has 2 aromatic carbocycles. The zero-order valence-electron chi connectivity index (χ0n) is 14.2. The minimum absolute atomic E-state index is 0.183. The van der Waals surface area contributed by atoms with Gasteiger partial charge in [0, 0.05) is 17.3 Å². The van der Waals surface area contributed by atoms with Crippen molar-refractivity contribution in [1.29, 1.82) is 0 Å². The van der Waals surface area contributed by atoms with Crippen LogP contribution in [-0.2, 0) is 4.79 Å². The zero-order chi connectivity index (χ0) is 18.2. The molecular weight excluding hydrogens is 318 g/mol. The van der Waals surface area contributed by atoms with Gasteiger partial charge in [0.05, 0.1) is 13.2 Å². The van der Waals surface area contributed by atoms with Crippen LogP contribution in [0.25, 0.3) is 6.08 Å².